The Morgan fingerprint density at radius 3 is 2.31 bits per heavy atom. The molecular formula is C20H14Cl2N4O3. The maximum atomic E-state index is 10.9. The molecule has 146 valence electrons. The number of nitrogens with zero attached hydrogens (tertiary/aromatic N) is 4. The minimum Gasteiger partial charge on any atom is -0.374 e. The number of aliphatic hydroxyl groups excluding tert-OH is 1. The SMILES string of the molecule is CC(O)n1c2ccccc2c2cc(N=Nc3c(Cl)cc([N+](=O)[O-])cc3Cl)ccc21. The van der Waals surface area contributed by atoms with Crippen LogP contribution in [-0.4, -0.2) is 14.6 Å². The number of azo groups is 1. The van der Waals surface area contributed by atoms with E-state index in [2.05, 4.69) is 10.2 Å². The minimum absolute atomic E-state index is 0.0414. The van der Waals surface area contributed by atoms with Crippen molar-refractivity contribution in [3.05, 3.63) is 74.8 Å². The predicted molar refractivity (Wildman–Crippen MR) is 114 cm³/mol. The molecule has 0 radical (unpaired) electrons. The summed E-state index contributed by atoms with van der Waals surface area (Å²) in [6, 6.07) is 15.6. The largest absolute Gasteiger partial charge is 0.374 e. The quantitative estimate of drug-likeness (QED) is 0.216. The van der Waals surface area contributed by atoms with Gasteiger partial charge in [-0.05, 0) is 31.2 Å². The van der Waals surface area contributed by atoms with Crippen LogP contribution in [0.1, 0.15) is 13.2 Å². The number of halogens is 2. The fraction of sp³-hybridized carbons (Fsp3) is 0.100. The molecule has 0 bridgehead atoms. The summed E-state index contributed by atoms with van der Waals surface area (Å²) in [5, 5.41) is 31.4. The van der Waals surface area contributed by atoms with Crippen LogP contribution in [0.15, 0.2) is 64.8 Å². The zero-order chi connectivity index (χ0) is 20.7. The number of benzene rings is 3. The summed E-state index contributed by atoms with van der Waals surface area (Å²) < 4.78 is 1.84. The van der Waals surface area contributed by atoms with Crippen molar-refractivity contribution in [3.8, 4) is 0 Å². The first-order chi connectivity index (χ1) is 13.9. The molecule has 7 nitrogen and oxygen atoms in total. The fourth-order valence-electron chi connectivity index (χ4n) is 3.32. The Morgan fingerprint density at radius 2 is 1.66 bits per heavy atom. The minimum atomic E-state index is -0.692. The van der Waals surface area contributed by atoms with Crippen LogP contribution in [0.3, 0.4) is 0 Å². The molecule has 0 fully saturated rings. The van der Waals surface area contributed by atoms with Crippen molar-refractivity contribution < 1.29 is 10.0 Å². The van der Waals surface area contributed by atoms with Crippen molar-refractivity contribution in [3.63, 3.8) is 0 Å². The third-order valence-electron chi connectivity index (χ3n) is 4.55. The van der Waals surface area contributed by atoms with Crippen molar-refractivity contribution in [2.24, 2.45) is 10.2 Å². The number of nitro benzene ring substituents is 1. The summed E-state index contributed by atoms with van der Waals surface area (Å²) in [6.07, 6.45) is -0.692. The predicted octanol–water partition coefficient (Wildman–Crippen LogP) is 6.94. The second kappa shape index (κ2) is 7.44. The van der Waals surface area contributed by atoms with Crippen LogP contribution in [-0.2, 0) is 0 Å². The summed E-state index contributed by atoms with van der Waals surface area (Å²) in [6.45, 7) is 1.71. The van der Waals surface area contributed by atoms with Gasteiger partial charge in [0.1, 0.15) is 11.9 Å². The second-order valence-electron chi connectivity index (χ2n) is 6.44. The Hall–Kier alpha value is -3.00. The smallest absolute Gasteiger partial charge is 0.272 e. The van der Waals surface area contributed by atoms with Crippen molar-refractivity contribution in [2.45, 2.75) is 13.2 Å². The lowest BCUT2D eigenvalue weighted by molar-refractivity contribution is -0.384. The molecule has 0 aliphatic rings. The van der Waals surface area contributed by atoms with Gasteiger partial charge in [-0.3, -0.25) is 10.1 Å². The molecule has 0 saturated carbocycles. The molecule has 9 heteroatoms. The molecule has 4 aromatic rings. The number of para-hydroxylation sites is 1. The standard InChI is InChI=1S/C20H14Cl2N4O3/c1-11(27)25-18-5-3-2-4-14(18)15-8-12(6-7-19(15)25)23-24-20-16(21)9-13(26(28)29)10-17(20)22/h2-11,27H,1H3. The first-order valence-corrected chi connectivity index (χ1v) is 9.38. The molecule has 0 saturated heterocycles. The number of aromatic nitrogens is 1. The van der Waals surface area contributed by atoms with Gasteiger partial charge in [0.25, 0.3) is 5.69 Å². The lowest BCUT2D eigenvalue weighted by Crippen LogP contribution is -2.02. The molecule has 1 unspecified atom stereocenters. The lowest BCUT2D eigenvalue weighted by atomic mass is 10.1. The second-order valence-corrected chi connectivity index (χ2v) is 7.25. The Kier molecular flexibility index (Phi) is 4.96. The van der Waals surface area contributed by atoms with E-state index in [1.807, 2.05) is 41.0 Å². The highest BCUT2D eigenvalue weighted by molar-refractivity contribution is 6.39. The van der Waals surface area contributed by atoms with E-state index in [9.17, 15) is 15.2 Å². The van der Waals surface area contributed by atoms with E-state index >= 15 is 0 Å². The summed E-state index contributed by atoms with van der Waals surface area (Å²) >= 11 is 12.2. The van der Waals surface area contributed by atoms with Gasteiger partial charge in [0, 0.05) is 22.9 Å². The average Bonchev–Trinajstić information content (AvgIpc) is 3.01. The highest BCUT2D eigenvalue weighted by Crippen LogP contribution is 2.39. The molecule has 3 aromatic carbocycles. The summed E-state index contributed by atoms with van der Waals surface area (Å²) in [4.78, 5) is 10.3. The molecule has 0 spiro atoms. The summed E-state index contributed by atoms with van der Waals surface area (Å²) in [5.41, 5.74) is 2.27. The summed E-state index contributed by atoms with van der Waals surface area (Å²) in [5.74, 6) is 0. The topological polar surface area (TPSA) is 93.0 Å². The highest BCUT2D eigenvalue weighted by atomic mass is 35.5. The van der Waals surface area contributed by atoms with Gasteiger partial charge in [-0.25, -0.2) is 0 Å². The van der Waals surface area contributed by atoms with Crippen LogP contribution in [0.4, 0.5) is 17.1 Å². The number of hydrogen-bond acceptors (Lipinski definition) is 5. The molecule has 1 atom stereocenters. The van der Waals surface area contributed by atoms with Crippen molar-refractivity contribution in [2.75, 3.05) is 0 Å². The Labute approximate surface area is 175 Å². The number of hydrogen-bond donors (Lipinski definition) is 1. The van der Waals surface area contributed by atoms with Gasteiger partial charge in [-0.15, -0.1) is 5.11 Å². The monoisotopic (exact) mass is 428 g/mol. The lowest BCUT2D eigenvalue weighted by Gasteiger charge is -2.10. The van der Waals surface area contributed by atoms with E-state index < -0.39 is 11.2 Å². The Balaban J connectivity index is 1.80. The fourth-order valence-corrected chi connectivity index (χ4v) is 3.87. The van der Waals surface area contributed by atoms with E-state index in [-0.39, 0.29) is 21.4 Å². The molecule has 0 amide bonds. The molecule has 0 aliphatic heterocycles. The zero-order valence-electron chi connectivity index (χ0n) is 15.1. The Bertz CT molecular complexity index is 1270. The summed E-state index contributed by atoms with van der Waals surface area (Å²) in [7, 11) is 0. The van der Waals surface area contributed by atoms with E-state index in [1.54, 1.807) is 13.0 Å². The van der Waals surface area contributed by atoms with Crippen LogP contribution in [0.25, 0.3) is 21.8 Å². The number of rotatable bonds is 4. The third kappa shape index (κ3) is 3.44. The molecule has 0 aliphatic carbocycles. The van der Waals surface area contributed by atoms with Crippen LogP contribution in [0.2, 0.25) is 10.0 Å². The molecule has 1 aromatic heterocycles. The molecule has 29 heavy (non-hydrogen) atoms. The van der Waals surface area contributed by atoms with Gasteiger partial charge in [-0.2, -0.15) is 5.11 Å². The first-order valence-electron chi connectivity index (χ1n) is 8.62. The third-order valence-corrected chi connectivity index (χ3v) is 5.12. The van der Waals surface area contributed by atoms with E-state index in [4.69, 9.17) is 23.2 Å². The van der Waals surface area contributed by atoms with Gasteiger partial charge >= 0.3 is 0 Å². The van der Waals surface area contributed by atoms with E-state index in [0.29, 0.717) is 5.69 Å². The highest BCUT2D eigenvalue weighted by Gasteiger charge is 2.15. The van der Waals surface area contributed by atoms with Crippen LogP contribution < -0.4 is 0 Å². The number of nitro groups is 1. The number of fused-ring (bicyclic) bond motifs is 3. The number of non-ortho nitro benzene ring substituents is 1. The molecule has 1 heterocycles. The molecule has 4 rings (SSSR count). The van der Waals surface area contributed by atoms with E-state index in [0.717, 1.165) is 21.8 Å². The maximum Gasteiger partial charge on any atom is 0.272 e. The van der Waals surface area contributed by atoms with Crippen molar-refractivity contribution >= 4 is 62.1 Å². The van der Waals surface area contributed by atoms with Gasteiger partial charge in [0.2, 0.25) is 0 Å². The van der Waals surface area contributed by atoms with Crippen molar-refractivity contribution in [1.29, 1.82) is 0 Å². The average molecular weight is 429 g/mol. The van der Waals surface area contributed by atoms with E-state index in [1.165, 1.54) is 12.1 Å². The van der Waals surface area contributed by atoms with Crippen molar-refractivity contribution in [1.82, 2.24) is 4.57 Å². The van der Waals surface area contributed by atoms with Gasteiger partial charge < -0.3 is 9.67 Å². The van der Waals surface area contributed by atoms with Crippen LogP contribution in [0.5, 0.6) is 0 Å². The van der Waals surface area contributed by atoms with Gasteiger partial charge in [0.15, 0.2) is 0 Å². The van der Waals surface area contributed by atoms with Gasteiger partial charge in [-0.1, -0.05) is 41.4 Å². The first kappa shape index (κ1) is 19.3. The molecular weight excluding hydrogens is 415 g/mol. The van der Waals surface area contributed by atoms with Gasteiger partial charge in [0.05, 0.1) is 31.7 Å². The van der Waals surface area contributed by atoms with Crippen LogP contribution in [0, 0.1) is 10.1 Å². The Morgan fingerprint density at radius 1 is 1.00 bits per heavy atom. The normalized spacial score (nSPS) is 12.8. The zero-order valence-corrected chi connectivity index (χ0v) is 16.6. The van der Waals surface area contributed by atoms with Crippen LogP contribution >= 0.6 is 23.2 Å². The maximum absolute atomic E-state index is 10.9. The molecule has 1 N–H and O–H groups in total. The number of aliphatic hydroxyl groups is 1.